The quantitative estimate of drug-likeness (QED) is 0.246. The van der Waals surface area contributed by atoms with Crippen molar-refractivity contribution >= 4 is 17.5 Å². The number of rotatable bonds is 8. The molecule has 0 N–H and O–H groups in total. The van der Waals surface area contributed by atoms with E-state index in [9.17, 15) is 27.6 Å². The predicted octanol–water partition coefficient (Wildman–Crippen LogP) is 4.75. The summed E-state index contributed by atoms with van der Waals surface area (Å²) >= 11 is 0. The lowest BCUT2D eigenvalue weighted by Gasteiger charge is -2.28. The summed E-state index contributed by atoms with van der Waals surface area (Å²) < 4.78 is 52.5. The van der Waals surface area contributed by atoms with Crippen molar-refractivity contribution in [1.29, 1.82) is 0 Å². The van der Waals surface area contributed by atoms with Crippen molar-refractivity contribution in [2.75, 3.05) is 14.2 Å². The average Bonchev–Trinajstić information content (AvgIpc) is 3.13. The summed E-state index contributed by atoms with van der Waals surface area (Å²) in [6.45, 7) is -0.0955. The Morgan fingerprint density at radius 3 is 2.14 bits per heavy atom. The SMILES string of the molecule is COc1ccc(CN2C(=O)C(=O)C(C(=O)c3ccccc3)C2c2ccc(OC(F)(F)F)cc2)c(OC)c1. The minimum Gasteiger partial charge on any atom is -0.497 e. The summed E-state index contributed by atoms with van der Waals surface area (Å²) in [7, 11) is 2.92. The molecule has 1 aliphatic heterocycles. The molecule has 0 saturated carbocycles. The van der Waals surface area contributed by atoms with E-state index in [1.807, 2.05) is 0 Å². The van der Waals surface area contributed by atoms with Crippen LogP contribution in [0, 0.1) is 5.92 Å². The van der Waals surface area contributed by atoms with Gasteiger partial charge in [-0.3, -0.25) is 14.4 Å². The Labute approximate surface area is 210 Å². The zero-order valence-electron chi connectivity index (χ0n) is 19.8. The van der Waals surface area contributed by atoms with Crippen LogP contribution >= 0.6 is 0 Å². The number of alkyl halides is 3. The lowest BCUT2D eigenvalue weighted by Crippen LogP contribution is -2.30. The summed E-state index contributed by atoms with van der Waals surface area (Å²) in [5.74, 6) is -3.31. The maximum absolute atomic E-state index is 13.4. The van der Waals surface area contributed by atoms with E-state index in [1.54, 1.807) is 36.4 Å². The zero-order chi connectivity index (χ0) is 26.7. The molecule has 1 amide bonds. The number of halogens is 3. The van der Waals surface area contributed by atoms with Crippen molar-refractivity contribution in [1.82, 2.24) is 4.90 Å². The molecule has 192 valence electrons. The normalized spacial score (nSPS) is 17.6. The molecular weight excluding hydrogens is 491 g/mol. The van der Waals surface area contributed by atoms with Gasteiger partial charge in [-0.25, -0.2) is 0 Å². The number of Topliss-reactive ketones (excluding diaryl/α,β-unsaturated/α-hetero) is 2. The molecule has 1 heterocycles. The molecule has 2 atom stereocenters. The molecule has 7 nitrogen and oxygen atoms in total. The molecule has 10 heteroatoms. The van der Waals surface area contributed by atoms with Gasteiger partial charge in [0.25, 0.3) is 5.91 Å². The van der Waals surface area contributed by atoms with Crippen LogP contribution in [-0.4, -0.2) is 43.0 Å². The van der Waals surface area contributed by atoms with Gasteiger partial charge in [-0.2, -0.15) is 0 Å². The summed E-state index contributed by atoms with van der Waals surface area (Å²) in [6.07, 6.45) is -4.89. The number of amides is 1. The van der Waals surface area contributed by atoms with Gasteiger partial charge in [0.1, 0.15) is 23.2 Å². The van der Waals surface area contributed by atoms with Crippen LogP contribution in [0.1, 0.15) is 27.5 Å². The van der Waals surface area contributed by atoms with E-state index >= 15 is 0 Å². The van der Waals surface area contributed by atoms with E-state index in [1.165, 1.54) is 43.4 Å². The largest absolute Gasteiger partial charge is 0.573 e. The average molecular weight is 513 g/mol. The van der Waals surface area contributed by atoms with E-state index in [4.69, 9.17) is 9.47 Å². The van der Waals surface area contributed by atoms with Crippen LogP contribution in [0.2, 0.25) is 0 Å². The van der Waals surface area contributed by atoms with Crippen molar-refractivity contribution in [3.05, 3.63) is 89.5 Å². The highest BCUT2D eigenvalue weighted by atomic mass is 19.4. The summed E-state index contributed by atoms with van der Waals surface area (Å²) in [6, 6.07) is 16.7. The molecular formula is C27H22F3NO6. The number of hydrogen-bond donors (Lipinski definition) is 0. The summed E-state index contributed by atoms with van der Waals surface area (Å²) in [4.78, 5) is 41.0. The highest BCUT2D eigenvalue weighted by Gasteiger charge is 2.51. The molecule has 1 aliphatic rings. The minimum absolute atomic E-state index is 0.0955. The van der Waals surface area contributed by atoms with E-state index in [0.29, 0.717) is 22.6 Å². The molecule has 0 aliphatic carbocycles. The molecule has 37 heavy (non-hydrogen) atoms. The first-order valence-corrected chi connectivity index (χ1v) is 11.1. The fourth-order valence-electron chi connectivity index (χ4n) is 4.34. The van der Waals surface area contributed by atoms with Crippen molar-refractivity contribution in [3.8, 4) is 17.2 Å². The van der Waals surface area contributed by atoms with Gasteiger partial charge in [0.2, 0.25) is 5.78 Å². The molecule has 1 saturated heterocycles. The van der Waals surface area contributed by atoms with Crippen LogP contribution in [0.4, 0.5) is 13.2 Å². The molecule has 3 aromatic rings. The Kier molecular flexibility index (Phi) is 7.19. The van der Waals surface area contributed by atoms with Gasteiger partial charge in [0, 0.05) is 17.2 Å². The summed E-state index contributed by atoms with van der Waals surface area (Å²) in [5, 5.41) is 0. The maximum atomic E-state index is 13.4. The third-order valence-corrected chi connectivity index (χ3v) is 6.04. The Hall–Kier alpha value is -4.34. The molecule has 2 unspecified atom stereocenters. The molecule has 0 aromatic heterocycles. The van der Waals surface area contributed by atoms with Crippen molar-refractivity contribution in [3.63, 3.8) is 0 Å². The molecule has 3 aromatic carbocycles. The monoisotopic (exact) mass is 513 g/mol. The molecule has 0 bridgehead atoms. The maximum Gasteiger partial charge on any atom is 0.573 e. The second-order valence-electron chi connectivity index (χ2n) is 8.24. The fourth-order valence-corrected chi connectivity index (χ4v) is 4.34. The minimum atomic E-state index is -4.89. The van der Waals surface area contributed by atoms with E-state index in [2.05, 4.69) is 4.74 Å². The number of benzene rings is 3. The molecule has 0 radical (unpaired) electrons. The highest BCUT2D eigenvalue weighted by molar-refractivity contribution is 6.44. The molecule has 1 fully saturated rings. The molecule has 0 spiro atoms. The number of methoxy groups -OCH3 is 2. The Balaban J connectivity index is 1.77. The first kappa shape index (κ1) is 25.7. The van der Waals surface area contributed by atoms with E-state index in [0.717, 1.165) is 12.1 Å². The smallest absolute Gasteiger partial charge is 0.497 e. The standard InChI is InChI=1S/C27H22F3NO6/c1-35-20-13-10-18(21(14-20)36-2)15-31-23(16-8-11-19(12-9-16)37-27(28,29)30)22(25(33)26(31)34)24(32)17-6-4-3-5-7-17/h3-14,22-23H,15H2,1-2H3. The third kappa shape index (κ3) is 5.42. The molecule has 4 rings (SSSR count). The second-order valence-corrected chi connectivity index (χ2v) is 8.24. The second kappa shape index (κ2) is 10.3. The summed E-state index contributed by atoms with van der Waals surface area (Å²) in [5.41, 5.74) is 1.08. The highest BCUT2D eigenvalue weighted by Crippen LogP contribution is 2.41. The van der Waals surface area contributed by atoms with Crippen molar-refractivity contribution in [2.24, 2.45) is 5.92 Å². The van der Waals surface area contributed by atoms with Gasteiger partial charge in [0.15, 0.2) is 5.78 Å². The Morgan fingerprint density at radius 2 is 1.54 bits per heavy atom. The van der Waals surface area contributed by atoms with Crippen LogP contribution < -0.4 is 14.2 Å². The topological polar surface area (TPSA) is 82.1 Å². The van der Waals surface area contributed by atoms with Crippen LogP contribution in [0.25, 0.3) is 0 Å². The number of nitrogens with zero attached hydrogens (tertiary/aromatic N) is 1. The Morgan fingerprint density at radius 1 is 0.892 bits per heavy atom. The number of hydrogen-bond acceptors (Lipinski definition) is 6. The first-order chi connectivity index (χ1) is 17.6. The number of likely N-dealkylation sites (tertiary alicyclic amines) is 1. The zero-order valence-corrected chi connectivity index (χ0v) is 19.8. The third-order valence-electron chi connectivity index (χ3n) is 6.04. The number of carbonyl (C=O) groups excluding carboxylic acids is 3. The van der Waals surface area contributed by atoms with Gasteiger partial charge in [-0.05, 0) is 29.8 Å². The van der Waals surface area contributed by atoms with Crippen LogP contribution in [0.3, 0.4) is 0 Å². The number of ether oxygens (including phenoxy) is 3. The van der Waals surface area contributed by atoms with Crippen LogP contribution in [-0.2, 0) is 16.1 Å². The van der Waals surface area contributed by atoms with Gasteiger partial charge in [0.05, 0.1) is 26.8 Å². The Bertz CT molecular complexity index is 1310. The fraction of sp³-hybridized carbons (Fsp3) is 0.222. The van der Waals surface area contributed by atoms with Crippen LogP contribution in [0.5, 0.6) is 17.2 Å². The van der Waals surface area contributed by atoms with Gasteiger partial charge < -0.3 is 19.1 Å². The van der Waals surface area contributed by atoms with Gasteiger partial charge in [-0.1, -0.05) is 42.5 Å². The van der Waals surface area contributed by atoms with Gasteiger partial charge >= 0.3 is 6.36 Å². The first-order valence-electron chi connectivity index (χ1n) is 11.1. The lowest BCUT2D eigenvalue weighted by molar-refractivity contribution is -0.274. The van der Waals surface area contributed by atoms with Crippen molar-refractivity contribution in [2.45, 2.75) is 18.9 Å². The van der Waals surface area contributed by atoms with Crippen LogP contribution in [0.15, 0.2) is 72.8 Å². The lowest BCUT2D eigenvalue weighted by atomic mass is 9.86. The van der Waals surface area contributed by atoms with E-state index in [-0.39, 0.29) is 12.1 Å². The van der Waals surface area contributed by atoms with Gasteiger partial charge in [-0.15, -0.1) is 13.2 Å². The predicted molar refractivity (Wildman–Crippen MR) is 125 cm³/mol. The number of ketones is 2. The van der Waals surface area contributed by atoms with Crippen molar-refractivity contribution < 1.29 is 41.8 Å². The van der Waals surface area contributed by atoms with E-state index < -0.39 is 41.5 Å². The number of carbonyl (C=O) groups is 3.